The van der Waals surface area contributed by atoms with Crippen LogP contribution in [0.25, 0.3) is 0 Å². The van der Waals surface area contributed by atoms with E-state index in [1.165, 1.54) is 31.4 Å². The number of rotatable bonds is 4. The molecule has 0 bridgehead atoms. The molecule has 4 heteroatoms. The van der Waals surface area contributed by atoms with E-state index < -0.39 is 0 Å². The van der Waals surface area contributed by atoms with Gasteiger partial charge < -0.3 is 5.73 Å². The standard InChI is InChI=1S/C14H21ClN2.ClH/c15-13-5-3-4-12(10-13)11-17-9-2-1-6-14(17)7-8-16;/h3-5,10,14H,1-2,6-9,11,16H2;1H. The third kappa shape index (κ3) is 4.43. The van der Waals surface area contributed by atoms with Crippen molar-refractivity contribution in [1.29, 1.82) is 0 Å². The topological polar surface area (TPSA) is 29.3 Å². The summed E-state index contributed by atoms with van der Waals surface area (Å²) in [6.45, 7) is 2.99. The Balaban J connectivity index is 0.00000162. The molecule has 2 nitrogen and oxygen atoms in total. The van der Waals surface area contributed by atoms with Gasteiger partial charge in [-0.15, -0.1) is 12.4 Å². The summed E-state index contributed by atoms with van der Waals surface area (Å²) in [5.74, 6) is 0. The highest BCUT2D eigenvalue weighted by molar-refractivity contribution is 6.30. The summed E-state index contributed by atoms with van der Waals surface area (Å²) in [5.41, 5.74) is 7.00. The molecule has 1 aliphatic heterocycles. The van der Waals surface area contributed by atoms with Gasteiger partial charge in [-0.3, -0.25) is 4.90 Å². The molecule has 2 rings (SSSR count). The maximum atomic E-state index is 6.02. The van der Waals surface area contributed by atoms with E-state index in [-0.39, 0.29) is 12.4 Å². The second-order valence-electron chi connectivity index (χ2n) is 4.83. The number of halogens is 2. The minimum atomic E-state index is 0. The van der Waals surface area contributed by atoms with Crippen molar-refractivity contribution in [2.24, 2.45) is 5.73 Å². The average molecular weight is 289 g/mol. The zero-order chi connectivity index (χ0) is 12.1. The molecule has 1 heterocycles. The normalized spacial score (nSPS) is 20.4. The number of nitrogens with two attached hydrogens (primary N) is 1. The maximum absolute atomic E-state index is 6.02. The van der Waals surface area contributed by atoms with Gasteiger partial charge in [0.25, 0.3) is 0 Å². The molecule has 1 saturated heterocycles. The summed E-state index contributed by atoms with van der Waals surface area (Å²) < 4.78 is 0. The smallest absolute Gasteiger partial charge is 0.0409 e. The molecule has 0 aliphatic carbocycles. The van der Waals surface area contributed by atoms with E-state index in [4.69, 9.17) is 17.3 Å². The Hall–Kier alpha value is -0.280. The molecular formula is C14H22Cl2N2. The van der Waals surface area contributed by atoms with E-state index in [0.717, 1.165) is 24.5 Å². The lowest BCUT2D eigenvalue weighted by molar-refractivity contribution is 0.134. The molecule has 18 heavy (non-hydrogen) atoms. The Labute approximate surface area is 121 Å². The third-order valence-corrected chi connectivity index (χ3v) is 3.76. The van der Waals surface area contributed by atoms with Gasteiger partial charge in [0.05, 0.1) is 0 Å². The van der Waals surface area contributed by atoms with Crippen LogP contribution in [-0.4, -0.2) is 24.0 Å². The average Bonchev–Trinajstić information content (AvgIpc) is 2.32. The molecular weight excluding hydrogens is 267 g/mol. The van der Waals surface area contributed by atoms with Crippen LogP contribution < -0.4 is 5.73 Å². The van der Waals surface area contributed by atoms with Gasteiger partial charge in [-0.25, -0.2) is 0 Å². The second-order valence-corrected chi connectivity index (χ2v) is 5.26. The summed E-state index contributed by atoms with van der Waals surface area (Å²) >= 11 is 6.02. The van der Waals surface area contributed by atoms with Gasteiger partial charge in [0.1, 0.15) is 0 Å². The fourth-order valence-corrected chi connectivity index (χ4v) is 2.87. The fourth-order valence-electron chi connectivity index (χ4n) is 2.66. The van der Waals surface area contributed by atoms with E-state index >= 15 is 0 Å². The number of likely N-dealkylation sites (tertiary alicyclic amines) is 1. The van der Waals surface area contributed by atoms with Crippen LogP contribution in [0.2, 0.25) is 5.02 Å². The molecule has 1 aromatic carbocycles. The monoisotopic (exact) mass is 288 g/mol. The first kappa shape index (κ1) is 15.8. The first-order valence-corrected chi connectivity index (χ1v) is 6.86. The van der Waals surface area contributed by atoms with Crippen LogP contribution in [0.4, 0.5) is 0 Å². The van der Waals surface area contributed by atoms with E-state index in [1.54, 1.807) is 0 Å². The zero-order valence-electron chi connectivity index (χ0n) is 10.6. The zero-order valence-corrected chi connectivity index (χ0v) is 12.2. The largest absolute Gasteiger partial charge is 0.330 e. The predicted octanol–water partition coefficient (Wildman–Crippen LogP) is 3.47. The molecule has 0 radical (unpaired) electrons. The lowest BCUT2D eigenvalue weighted by Crippen LogP contribution is -2.40. The molecule has 102 valence electrons. The van der Waals surface area contributed by atoms with Crippen molar-refractivity contribution in [3.8, 4) is 0 Å². The first-order chi connectivity index (χ1) is 8.29. The fraction of sp³-hybridized carbons (Fsp3) is 0.571. The third-order valence-electron chi connectivity index (χ3n) is 3.52. The van der Waals surface area contributed by atoms with Gasteiger partial charge in [-0.1, -0.05) is 30.2 Å². The maximum Gasteiger partial charge on any atom is 0.0409 e. The molecule has 1 fully saturated rings. The Kier molecular flexibility index (Phi) is 7.02. The summed E-state index contributed by atoms with van der Waals surface area (Å²) in [4.78, 5) is 2.56. The lowest BCUT2D eigenvalue weighted by atomic mass is 9.98. The Bertz CT molecular complexity index is 355. The van der Waals surface area contributed by atoms with E-state index in [0.29, 0.717) is 6.04 Å². The molecule has 1 atom stereocenters. The highest BCUT2D eigenvalue weighted by Gasteiger charge is 2.21. The van der Waals surface area contributed by atoms with Crippen molar-refractivity contribution in [3.63, 3.8) is 0 Å². The second kappa shape index (κ2) is 8.00. The molecule has 0 spiro atoms. The number of hydrogen-bond acceptors (Lipinski definition) is 2. The van der Waals surface area contributed by atoms with Crippen molar-refractivity contribution >= 4 is 24.0 Å². The van der Waals surface area contributed by atoms with Gasteiger partial charge in [0.15, 0.2) is 0 Å². The van der Waals surface area contributed by atoms with Crippen LogP contribution in [0.15, 0.2) is 24.3 Å². The van der Waals surface area contributed by atoms with Crippen LogP contribution in [-0.2, 0) is 6.54 Å². The van der Waals surface area contributed by atoms with Gasteiger partial charge in [0.2, 0.25) is 0 Å². The summed E-state index contributed by atoms with van der Waals surface area (Å²) in [7, 11) is 0. The quantitative estimate of drug-likeness (QED) is 0.919. The molecule has 0 aromatic heterocycles. The van der Waals surface area contributed by atoms with Crippen LogP contribution in [0.5, 0.6) is 0 Å². The minimum Gasteiger partial charge on any atom is -0.330 e. The van der Waals surface area contributed by atoms with Gasteiger partial charge >= 0.3 is 0 Å². The molecule has 1 unspecified atom stereocenters. The Morgan fingerprint density at radius 2 is 2.17 bits per heavy atom. The highest BCUT2D eigenvalue weighted by atomic mass is 35.5. The van der Waals surface area contributed by atoms with Crippen LogP contribution in [0, 0.1) is 0 Å². The summed E-state index contributed by atoms with van der Waals surface area (Å²) in [6.07, 6.45) is 5.05. The number of hydrogen-bond donors (Lipinski definition) is 1. The predicted molar refractivity (Wildman–Crippen MR) is 80.4 cm³/mol. The number of nitrogens with zero attached hydrogens (tertiary/aromatic N) is 1. The Morgan fingerprint density at radius 1 is 1.33 bits per heavy atom. The number of benzene rings is 1. The SMILES string of the molecule is Cl.NCCC1CCCCN1Cc1cccc(Cl)c1. The van der Waals surface area contributed by atoms with Crippen LogP contribution in [0.1, 0.15) is 31.2 Å². The minimum absolute atomic E-state index is 0. The molecule has 1 aliphatic rings. The lowest BCUT2D eigenvalue weighted by Gasteiger charge is -2.35. The van der Waals surface area contributed by atoms with E-state index in [2.05, 4.69) is 17.0 Å². The van der Waals surface area contributed by atoms with E-state index in [9.17, 15) is 0 Å². The van der Waals surface area contributed by atoms with Crippen LogP contribution >= 0.6 is 24.0 Å². The van der Waals surface area contributed by atoms with Crippen LogP contribution in [0.3, 0.4) is 0 Å². The van der Waals surface area contributed by atoms with Crippen molar-refractivity contribution in [2.45, 2.75) is 38.3 Å². The molecule has 1 aromatic rings. The highest BCUT2D eigenvalue weighted by Crippen LogP contribution is 2.22. The Morgan fingerprint density at radius 3 is 2.89 bits per heavy atom. The van der Waals surface area contributed by atoms with Crippen molar-refractivity contribution in [2.75, 3.05) is 13.1 Å². The van der Waals surface area contributed by atoms with E-state index in [1.807, 2.05) is 12.1 Å². The van der Waals surface area contributed by atoms with Crippen molar-refractivity contribution in [1.82, 2.24) is 4.90 Å². The molecule has 0 amide bonds. The van der Waals surface area contributed by atoms with Gasteiger partial charge in [-0.05, 0) is 50.0 Å². The van der Waals surface area contributed by atoms with Gasteiger partial charge in [0, 0.05) is 17.6 Å². The molecule has 0 saturated carbocycles. The van der Waals surface area contributed by atoms with Crippen molar-refractivity contribution < 1.29 is 0 Å². The summed E-state index contributed by atoms with van der Waals surface area (Å²) in [6, 6.07) is 8.83. The molecule has 2 N–H and O–H groups in total. The van der Waals surface area contributed by atoms with Gasteiger partial charge in [-0.2, -0.15) is 0 Å². The van der Waals surface area contributed by atoms with Crippen molar-refractivity contribution in [3.05, 3.63) is 34.9 Å². The summed E-state index contributed by atoms with van der Waals surface area (Å²) in [5, 5.41) is 0.829. The number of piperidine rings is 1. The first-order valence-electron chi connectivity index (χ1n) is 6.48.